The van der Waals surface area contributed by atoms with Crippen molar-refractivity contribution in [3.63, 3.8) is 0 Å². The minimum atomic E-state index is -0.0781. The van der Waals surface area contributed by atoms with E-state index in [9.17, 15) is 9.59 Å². The van der Waals surface area contributed by atoms with Gasteiger partial charge in [0.2, 0.25) is 11.8 Å². The van der Waals surface area contributed by atoms with Gasteiger partial charge in [-0.15, -0.1) is 11.3 Å². The number of benzene rings is 1. The summed E-state index contributed by atoms with van der Waals surface area (Å²) in [5.74, 6) is 0.658. The predicted molar refractivity (Wildman–Crippen MR) is 117 cm³/mol. The number of nitrogens with zero attached hydrogens (tertiary/aromatic N) is 2. The lowest BCUT2D eigenvalue weighted by Gasteiger charge is -2.09. The van der Waals surface area contributed by atoms with Gasteiger partial charge in [-0.05, 0) is 47.8 Å². The Labute approximate surface area is 178 Å². The number of aromatic amines is 1. The van der Waals surface area contributed by atoms with Crippen LogP contribution < -0.4 is 10.6 Å². The highest BCUT2D eigenvalue weighted by atomic mass is 32.1. The van der Waals surface area contributed by atoms with E-state index in [0.29, 0.717) is 30.7 Å². The summed E-state index contributed by atoms with van der Waals surface area (Å²) in [6.07, 6.45) is 1.58. The van der Waals surface area contributed by atoms with Crippen LogP contribution >= 0.6 is 23.6 Å². The Kier molecular flexibility index (Phi) is 7.31. The van der Waals surface area contributed by atoms with Crippen molar-refractivity contribution in [2.75, 3.05) is 5.32 Å². The quantitative estimate of drug-likeness (QED) is 0.446. The molecule has 2 heterocycles. The van der Waals surface area contributed by atoms with Gasteiger partial charge in [-0.2, -0.15) is 5.10 Å². The van der Waals surface area contributed by atoms with Crippen LogP contribution in [0.3, 0.4) is 0 Å². The highest BCUT2D eigenvalue weighted by Crippen LogP contribution is 2.22. The fourth-order valence-corrected chi connectivity index (χ4v) is 3.78. The van der Waals surface area contributed by atoms with Crippen LogP contribution in [0.15, 0.2) is 41.8 Å². The number of nitrogens with one attached hydrogen (secondary N) is 3. The number of aromatic nitrogens is 3. The van der Waals surface area contributed by atoms with E-state index in [1.165, 1.54) is 0 Å². The predicted octanol–water partition coefficient (Wildman–Crippen LogP) is 4.11. The third-order valence-electron chi connectivity index (χ3n) is 4.24. The topological polar surface area (TPSA) is 91.8 Å². The van der Waals surface area contributed by atoms with Gasteiger partial charge in [0.15, 0.2) is 10.6 Å². The highest BCUT2D eigenvalue weighted by Gasteiger charge is 2.11. The molecule has 0 aliphatic carbocycles. The molecule has 0 aliphatic rings. The molecule has 0 spiro atoms. The van der Waals surface area contributed by atoms with Crippen LogP contribution in [-0.4, -0.2) is 26.6 Å². The number of hydrogen-bond acceptors (Lipinski definition) is 5. The molecule has 0 atom stereocenters. The lowest BCUT2D eigenvalue weighted by Crippen LogP contribution is -2.24. The SMILES string of the molecule is CCCC(=O)Nc1cccc(CNC(=O)CCn2c(-c3cccs3)n[nH]c2=S)c1. The maximum atomic E-state index is 12.3. The second-order valence-corrected chi connectivity index (χ2v) is 7.84. The van der Waals surface area contributed by atoms with Gasteiger partial charge in [0, 0.05) is 31.6 Å². The molecular formula is C20H23N5O2S2. The van der Waals surface area contributed by atoms with Crippen LogP contribution in [0, 0.1) is 4.77 Å². The number of hydrogen-bond donors (Lipinski definition) is 3. The Bertz CT molecular complexity index is 1020. The molecule has 0 saturated heterocycles. The largest absolute Gasteiger partial charge is 0.352 e. The zero-order chi connectivity index (χ0) is 20.6. The number of thiophene rings is 1. The van der Waals surface area contributed by atoms with Gasteiger partial charge in [-0.1, -0.05) is 25.1 Å². The third-order valence-corrected chi connectivity index (χ3v) is 5.42. The Balaban J connectivity index is 1.53. The van der Waals surface area contributed by atoms with Gasteiger partial charge in [-0.25, -0.2) is 0 Å². The molecule has 0 radical (unpaired) electrons. The van der Waals surface area contributed by atoms with Crippen LogP contribution in [0.25, 0.3) is 10.7 Å². The van der Waals surface area contributed by atoms with Gasteiger partial charge in [0.05, 0.1) is 4.88 Å². The van der Waals surface area contributed by atoms with E-state index in [1.807, 2.05) is 53.3 Å². The fraction of sp³-hybridized carbons (Fsp3) is 0.300. The maximum absolute atomic E-state index is 12.3. The number of rotatable bonds is 9. The first-order valence-electron chi connectivity index (χ1n) is 9.41. The van der Waals surface area contributed by atoms with Crippen LogP contribution in [0.1, 0.15) is 31.7 Å². The Morgan fingerprint density at radius 2 is 2.07 bits per heavy atom. The van der Waals surface area contributed by atoms with Gasteiger partial charge in [0.25, 0.3) is 0 Å². The molecule has 7 nitrogen and oxygen atoms in total. The van der Waals surface area contributed by atoms with Crippen molar-refractivity contribution in [3.8, 4) is 10.7 Å². The first-order valence-corrected chi connectivity index (χ1v) is 10.7. The number of amides is 2. The van der Waals surface area contributed by atoms with Crippen molar-refractivity contribution in [2.45, 2.75) is 39.3 Å². The van der Waals surface area contributed by atoms with E-state index in [4.69, 9.17) is 12.2 Å². The molecule has 1 aromatic carbocycles. The molecular weight excluding hydrogens is 406 g/mol. The van der Waals surface area contributed by atoms with E-state index in [2.05, 4.69) is 20.8 Å². The van der Waals surface area contributed by atoms with Crippen molar-refractivity contribution in [1.29, 1.82) is 0 Å². The van der Waals surface area contributed by atoms with E-state index >= 15 is 0 Å². The minimum Gasteiger partial charge on any atom is -0.352 e. The summed E-state index contributed by atoms with van der Waals surface area (Å²) in [4.78, 5) is 25.0. The normalized spacial score (nSPS) is 10.7. The average molecular weight is 430 g/mol. The fourth-order valence-electron chi connectivity index (χ4n) is 2.83. The molecule has 3 N–H and O–H groups in total. The lowest BCUT2D eigenvalue weighted by molar-refractivity contribution is -0.121. The summed E-state index contributed by atoms with van der Waals surface area (Å²) in [6, 6.07) is 11.4. The highest BCUT2D eigenvalue weighted by molar-refractivity contribution is 7.71. The number of H-pyrrole nitrogens is 1. The van der Waals surface area contributed by atoms with Gasteiger partial charge in [0.1, 0.15) is 0 Å². The Hall–Kier alpha value is -2.78. The van der Waals surface area contributed by atoms with Crippen LogP contribution in [0.4, 0.5) is 5.69 Å². The standard InChI is InChI=1S/C20H23N5O2S2/c1-2-5-18(27)22-15-7-3-6-14(12-15)13-21-17(26)9-10-25-19(23-24-20(25)28)16-8-4-11-29-16/h3-4,6-8,11-12H,2,5,9-10,13H2,1H3,(H,21,26)(H,22,27)(H,24,28). The van der Waals surface area contributed by atoms with E-state index < -0.39 is 0 Å². The minimum absolute atomic E-state index is 0.00733. The van der Waals surface area contributed by atoms with Crippen LogP contribution in [0.2, 0.25) is 0 Å². The van der Waals surface area contributed by atoms with Gasteiger partial charge in [-0.3, -0.25) is 19.3 Å². The molecule has 0 aliphatic heterocycles. The smallest absolute Gasteiger partial charge is 0.224 e. The number of carbonyl (C=O) groups is 2. The van der Waals surface area contributed by atoms with Crippen LogP contribution in [-0.2, 0) is 22.7 Å². The summed E-state index contributed by atoms with van der Waals surface area (Å²) in [6.45, 7) is 2.80. The van der Waals surface area contributed by atoms with E-state index in [1.54, 1.807) is 11.3 Å². The first kappa shape index (κ1) is 20.9. The molecule has 0 fully saturated rings. The molecule has 0 saturated carbocycles. The van der Waals surface area contributed by atoms with E-state index in [-0.39, 0.29) is 11.8 Å². The van der Waals surface area contributed by atoms with Crippen molar-refractivity contribution >= 4 is 41.1 Å². The number of carbonyl (C=O) groups excluding carboxylic acids is 2. The Morgan fingerprint density at radius 1 is 1.21 bits per heavy atom. The molecule has 9 heteroatoms. The summed E-state index contributed by atoms with van der Waals surface area (Å²) in [5.41, 5.74) is 1.66. The zero-order valence-electron chi connectivity index (χ0n) is 16.1. The van der Waals surface area contributed by atoms with Crippen molar-refractivity contribution < 1.29 is 9.59 Å². The summed E-state index contributed by atoms with van der Waals surface area (Å²) in [5, 5.41) is 14.8. The number of anilines is 1. The average Bonchev–Trinajstić information content (AvgIpc) is 3.35. The summed E-state index contributed by atoms with van der Waals surface area (Å²) >= 11 is 6.86. The van der Waals surface area contributed by atoms with Crippen molar-refractivity contribution in [1.82, 2.24) is 20.1 Å². The molecule has 3 aromatic rings. The van der Waals surface area contributed by atoms with Crippen LogP contribution in [0.5, 0.6) is 0 Å². The second kappa shape index (κ2) is 10.1. The van der Waals surface area contributed by atoms with Crippen molar-refractivity contribution in [2.24, 2.45) is 0 Å². The molecule has 2 aromatic heterocycles. The molecule has 29 heavy (non-hydrogen) atoms. The van der Waals surface area contributed by atoms with Gasteiger partial charge >= 0.3 is 0 Å². The zero-order valence-corrected chi connectivity index (χ0v) is 17.7. The summed E-state index contributed by atoms with van der Waals surface area (Å²) in [7, 11) is 0. The van der Waals surface area contributed by atoms with Crippen molar-refractivity contribution in [3.05, 3.63) is 52.1 Å². The second-order valence-electron chi connectivity index (χ2n) is 6.51. The monoisotopic (exact) mass is 429 g/mol. The molecule has 3 rings (SSSR count). The first-order chi connectivity index (χ1) is 14.1. The molecule has 152 valence electrons. The molecule has 0 bridgehead atoms. The molecule has 2 amide bonds. The molecule has 0 unspecified atom stereocenters. The Morgan fingerprint density at radius 3 is 2.83 bits per heavy atom. The maximum Gasteiger partial charge on any atom is 0.224 e. The lowest BCUT2D eigenvalue weighted by atomic mass is 10.2. The third kappa shape index (κ3) is 5.85. The van der Waals surface area contributed by atoms with E-state index in [0.717, 1.165) is 28.4 Å². The summed E-state index contributed by atoms with van der Waals surface area (Å²) < 4.78 is 2.33. The van der Waals surface area contributed by atoms with Gasteiger partial charge < -0.3 is 10.6 Å².